The minimum atomic E-state index is -0.509. The molecule has 2 aromatic carbocycles. The Kier molecular flexibility index (Phi) is 7.37. The predicted octanol–water partition coefficient (Wildman–Crippen LogP) is 5.29. The molecule has 1 N–H and O–H groups in total. The Bertz CT molecular complexity index is 911. The first-order valence-corrected chi connectivity index (χ1v) is 9.83. The SMILES string of the molecule is CC(=O)Oc1c(Br)cc(/C=C(/C#N)C(=O)Nc2ccc(I)cc2)cc1Br. The van der Waals surface area contributed by atoms with Crippen LogP contribution in [0.25, 0.3) is 6.08 Å². The van der Waals surface area contributed by atoms with Gasteiger partial charge in [0.1, 0.15) is 11.6 Å². The number of ether oxygens (including phenoxy) is 1. The molecule has 0 aliphatic carbocycles. The maximum Gasteiger partial charge on any atom is 0.308 e. The number of hydrogen-bond acceptors (Lipinski definition) is 4. The molecule has 2 aromatic rings. The van der Waals surface area contributed by atoms with Gasteiger partial charge in [0.25, 0.3) is 5.91 Å². The maximum atomic E-state index is 12.3. The molecule has 132 valence electrons. The summed E-state index contributed by atoms with van der Waals surface area (Å²) in [5, 5.41) is 12.0. The number of esters is 1. The van der Waals surface area contributed by atoms with Gasteiger partial charge in [-0.25, -0.2) is 0 Å². The first kappa shape index (κ1) is 20.6. The standard InChI is InChI=1S/C18H11Br2IN2O3/c1-10(24)26-17-15(19)7-11(8-16(17)20)6-12(9-22)18(25)23-14-4-2-13(21)3-5-14/h2-8H,1H3,(H,23,25)/b12-6-. The number of anilines is 1. The lowest BCUT2D eigenvalue weighted by molar-refractivity contribution is -0.132. The monoisotopic (exact) mass is 588 g/mol. The highest BCUT2D eigenvalue weighted by atomic mass is 127. The van der Waals surface area contributed by atoms with E-state index in [4.69, 9.17) is 4.74 Å². The van der Waals surface area contributed by atoms with Gasteiger partial charge in [-0.05, 0) is 102 Å². The molecule has 0 aliphatic rings. The van der Waals surface area contributed by atoms with Crippen LogP contribution in [0.3, 0.4) is 0 Å². The van der Waals surface area contributed by atoms with E-state index in [1.54, 1.807) is 24.3 Å². The van der Waals surface area contributed by atoms with Gasteiger partial charge in [0, 0.05) is 16.2 Å². The van der Waals surface area contributed by atoms with Crippen LogP contribution >= 0.6 is 54.5 Å². The number of nitrogens with one attached hydrogen (secondary N) is 1. The predicted molar refractivity (Wildman–Crippen MR) is 115 cm³/mol. The summed E-state index contributed by atoms with van der Waals surface area (Å²) in [4.78, 5) is 23.5. The first-order valence-electron chi connectivity index (χ1n) is 7.16. The van der Waals surface area contributed by atoms with Crippen molar-refractivity contribution < 1.29 is 14.3 Å². The Labute approximate surface area is 180 Å². The van der Waals surface area contributed by atoms with Crippen molar-refractivity contribution in [2.45, 2.75) is 6.92 Å². The van der Waals surface area contributed by atoms with Gasteiger partial charge in [0.15, 0.2) is 5.75 Å². The van der Waals surface area contributed by atoms with Gasteiger partial charge >= 0.3 is 5.97 Å². The summed E-state index contributed by atoms with van der Waals surface area (Å²) in [6.45, 7) is 1.30. The number of benzene rings is 2. The van der Waals surface area contributed by atoms with E-state index in [1.807, 2.05) is 18.2 Å². The summed E-state index contributed by atoms with van der Waals surface area (Å²) in [5.74, 6) is -0.634. The van der Waals surface area contributed by atoms with Gasteiger partial charge in [-0.2, -0.15) is 5.26 Å². The Hall–Kier alpha value is -1.70. The lowest BCUT2D eigenvalue weighted by atomic mass is 10.1. The molecule has 0 aliphatic heterocycles. The minimum absolute atomic E-state index is 0.0532. The van der Waals surface area contributed by atoms with Gasteiger partial charge in [-0.15, -0.1) is 0 Å². The van der Waals surface area contributed by atoms with E-state index in [2.05, 4.69) is 59.8 Å². The van der Waals surface area contributed by atoms with Crippen molar-refractivity contribution in [1.29, 1.82) is 5.26 Å². The summed E-state index contributed by atoms with van der Waals surface area (Å²) in [6, 6.07) is 12.4. The van der Waals surface area contributed by atoms with E-state index >= 15 is 0 Å². The number of amides is 1. The van der Waals surface area contributed by atoms with Crippen LogP contribution < -0.4 is 10.1 Å². The highest BCUT2D eigenvalue weighted by molar-refractivity contribution is 14.1. The molecule has 0 heterocycles. The van der Waals surface area contributed by atoms with Gasteiger partial charge in [0.05, 0.1) is 8.95 Å². The van der Waals surface area contributed by atoms with Crippen molar-refractivity contribution in [2.75, 3.05) is 5.32 Å². The molecule has 26 heavy (non-hydrogen) atoms. The zero-order valence-electron chi connectivity index (χ0n) is 13.3. The second-order valence-electron chi connectivity index (χ2n) is 5.04. The summed E-state index contributed by atoms with van der Waals surface area (Å²) in [6.07, 6.45) is 1.45. The molecule has 0 fully saturated rings. The normalized spacial score (nSPS) is 10.8. The molecule has 0 radical (unpaired) electrons. The maximum absolute atomic E-state index is 12.3. The smallest absolute Gasteiger partial charge is 0.308 e. The Morgan fingerprint density at radius 2 is 1.77 bits per heavy atom. The molecule has 5 nitrogen and oxygen atoms in total. The Morgan fingerprint density at radius 1 is 1.19 bits per heavy atom. The van der Waals surface area contributed by atoms with Crippen molar-refractivity contribution in [3.63, 3.8) is 0 Å². The third-order valence-electron chi connectivity index (χ3n) is 3.04. The molecule has 0 unspecified atom stereocenters. The van der Waals surface area contributed by atoms with E-state index in [0.29, 0.717) is 25.9 Å². The number of rotatable bonds is 4. The zero-order valence-corrected chi connectivity index (χ0v) is 18.7. The minimum Gasteiger partial charge on any atom is -0.424 e. The van der Waals surface area contributed by atoms with Crippen molar-refractivity contribution in [3.05, 3.63) is 60.1 Å². The quantitative estimate of drug-likeness (QED) is 0.173. The zero-order chi connectivity index (χ0) is 19.3. The Balaban J connectivity index is 2.27. The van der Waals surface area contributed by atoms with Gasteiger partial charge < -0.3 is 10.1 Å². The summed E-state index contributed by atoms with van der Waals surface area (Å²) in [7, 11) is 0. The number of hydrogen-bond donors (Lipinski definition) is 1. The molecule has 0 atom stereocenters. The van der Waals surface area contributed by atoms with Crippen molar-refractivity contribution in [1.82, 2.24) is 0 Å². The van der Waals surface area contributed by atoms with Crippen molar-refractivity contribution in [2.24, 2.45) is 0 Å². The van der Waals surface area contributed by atoms with Crippen LogP contribution in [0.1, 0.15) is 12.5 Å². The average molecular weight is 590 g/mol. The molecule has 0 spiro atoms. The first-order chi connectivity index (χ1) is 12.3. The molecule has 8 heteroatoms. The van der Waals surface area contributed by atoms with E-state index in [9.17, 15) is 14.9 Å². The molecular weight excluding hydrogens is 579 g/mol. The fourth-order valence-corrected chi connectivity index (χ4v) is 3.69. The molecule has 0 bridgehead atoms. The second kappa shape index (κ2) is 9.30. The third-order valence-corrected chi connectivity index (χ3v) is 4.94. The number of carbonyl (C=O) groups is 2. The molecular formula is C18H11Br2IN2O3. The van der Waals surface area contributed by atoms with Crippen LogP contribution in [0.4, 0.5) is 5.69 Å². The van der Waals surface area contributed by atoms with Crippen LogP contribution in [0.2, 0.25) is 0 Å². The van der Waals surface area contributed by atoms with E-state index in [-0.39, 0.29) is 5.57 Å². The summed E-state index contributed by atoms with van der Waals surface area (Å²) in [5.41, 5.74) is 1.14. The van der Waals surface area contributed by atoms with Crippen LogP contribution in [-0.4, -0.2) is 11.9 Å². The fourth-order valence-electron chi connectivity index (χ4n) is 1.95. The van der Waals surface area contributed by atoms with E-state index in [0.717, 1.165) is 3.57 Å². The molecule has 2 rings (SSSR count). The molecule has 0 saturated carbocycles. The Morgan fingerprint density at radius 3 is 2.27 bits per heavy atom. The lowest BCUT2D eigenvalue weighted by Crippen LogP contribution is -2.13. The van der Waals surface area contributed by atoms with Crippen LogP contribution in [0.15, 0.2) is 50.9 Å². The molecule has 1 amide bonds. The molecule has 0 saturated heterocycles. The van der Waals surface area contributed by atoms with Crippen LogP contribution in [0, 0.1) is 14.9 Å². The number of nitrogens with zero attached hydrogens (tertiary/aromatic N) is 1. The van der Waals surface area contributed by atoms with Gasteiger partial charge in [-0.3, -0.25) is 9.59 Å². The number of halogens is 3. The van der Waals surface area contributed by atoms with Gasteiger partial charge in [0.2, 0.25) is 0 Å². The third kappa shape index (κ3) is 5.65. The number of nitriles is 1. The summed E-state index contributed by atoms with van der Waals surface area (Å²) < 4.78 is 7.18. The lowest BCUT2D eigenvalue weighted by Gasteiger charge is -2.09. The second-order valence-corrected chi connectivity index (χ2v) is 7.99. The van der Waals surface area contributed by atoms with Crippen molar-refractivity contribution in [3.8, 4) is 11.8 Å². The largest absolute Gasteiger partial charge is 0.424 e. The van der Waals surface area contributed by atoms with E-state index in [1.165, 1.54) is 13.0 Å². The van der Waals surface area contributed by atoms with Crippen LogP contribution in [0.5, 0.6) is 5.75 Å². The highest BCUT2D eigenvalue weighted by Gasteiger charge is 2.13. The molecule has 0 aromatic heterocycles. The summed E-state index contributed by atoms with van der Waals surface area (Å²) >= 11 is 8.80. The topological polar surface area (TPSA) is 79.2 Å². The van der Waals surface area contributed by atoms with E-state index < -0.39 is 11.9 Å². The van der Waals surface area contributed by atoms with Crippen molar-refractivity contribution >= 4 is 78.1 Å². The average Bonchev–Trinajstić information content (AvgIpc) is 2.57. The fraction of sp³-hybridized carbons (Fsp3) is 0.0556. The highest BCUT2D eigenvalue weighted by Crippen LogP contribution is 2.35. The van der Waals surface area contributed by atoms with Gasteiger partial charge in [-0.1, -0.05) is 0 Å². The van der Waals surface area contributed by atoms with Crippen LogP contribution in [-0.2, 0) is 9.59 Å². The number of carbonyl (C=O) groups excluding carboxylic acids is 2.